The maximum absolute atomic E-state index is 4.90. The molecule has 1 N–H and O–H groups in total. The Bertz CT molecular complexity index is 482. The second-order valence-electron chi connectivity index (χ2n) is 7.69. The summed E-state index contributed by atoms with van der Waals surface area (Å²) in [6.07, 6.45) is 6.24. The third-order valence-corrected chi connectivity index (χ3v) is 4.77. The molecule has 3 nitrogen and oxygen atoms in total. The molecule has 0 bridgehead atoms. The first-order valence-electron chi connectivity index (χ1n) is 8.50. The Morgan fingerprint density at radius 3 is 2.67 bits per heavy atom. The minimum Gasteiger partial charge on any atom is -0.357 e. The van der Waals surface area contributed by atoms with E-state index in [9.17, 15) is 0 Å². The van der Waals surface area contributed by atoms with Gasteiger partial charge in [-0.15, -0.1) is 0 Å². The molecular weight excluding hydrogens is 258 g/mol. The zero-order chi connectivity index (χ0) is 14.9. The van der Waals surface area contributed by atoms with Crippen molar-refractivity contribution in [2.75, 3.05) is 24.5 Å². The molecule has 1 aromatic rings. The molecule has 1 saturated heterocycles. The summed E-state index contributed by atoms with van der Waals surface area (Å²) < 4.78 is 0. The molecule has 0 saturated carbocycles. The van der Waals surface area contributed by atoms with Crippen molar-refractivity contribution in [3.05, 3.63) is 23.4 Å². The number of rotatable bonds is 3. The summed E-state index contributed by atoms with van der Waals surface area (Å²) in [5, 5.41) is 3.65. The van der Waals surface area contributed by atoms with Gasteiger partial charge in [-0.25, -0.2) is 4.98 Å². The van der Waals surface area contributed by atoms with Crippen LogP contribution in [0.25, 0.3) is 0 Å². The Hall–Kier alpha value is -1.09. The van der Waals surface area contributed by atoms with Gasteiger partial charge in [-0.2, -0.15) is 0 Å². The first kappa shape index (κ1) is 14.8. The molecule has 1 aliphatic heterocycles. The van der Waals surface area contributed by atoms with E-state index in [2.05, 4.69) is 43.1 Å². The molecule has 0 aromatic carbocycles. The highest BCUT2D eigenvalue weighted by molar-refractivity contribution is 5.43. The van der Waals surface area contributed by atoms with Crippen LogP contribution in [-0.4, -0.2) is 30.2 Å². The summed E-state index contributed by atoms with van der Waals surface area (Å²) in [4.78, 5) is 7.38. The van der Waals surface area contributed by atoms with Crippen molar-refractivity contribution >= 4 is 5.82 Å². The SMILES string of the molecule is CC(C)(C)NCC1CCN(c2ccc3c(n2)CCC3)CC1. The minimum atomic E-state index is 0.235. The number of aromatic nitrogens is 1. The highest BCUT2D eigenvalue weighted by Gasteiger charge is 2.22. The number of fused-ring (bicyclic) bond motifs is 1. The van der Waals surface area contributed by atoms with Gasteiger partial charge in [0.15, 0.2) is 0 Å². The van der Waals surface area contributed by atoms with E-state index in [1.165, 1.54) is 49.2 Å². The summed E-state index contributed by atoms with van der Waals surface area (Å²) in [5.41, 5.74) is 3.06. The topological polar surface area (TPSA) is 28.2 Å². The normalized spacial score (nSPS) is 19.9. The van der Waals surface area contributed by atoms with Crippen LogP contribution in [-0.2, 0) is 12.8 Å². The highest BCUT2D eigenvalue weighted by atomic mass is 15.2. The number of aryl methyl sites for hydroxylation is 2. The standard InChI is InChI=1S/C18H29N3/c1-18(2,3)19-13-14-9-11-21(12-10-14)17-8-7-15-5-4-6-16(15)20-17/h7-8,14,19H,4-6,9-13H2,1-3H3. The van der Waals surface area contributed by atoms with Crippen LogP contribution in [0.3, 0.4) is 0 Å². The largest absolute Gasteiger partial charge is 0.357 e. The van der Waals surface area contributed by atoms with Gasteiger partial charge in [0.2, 0.25) is 0 Å². The number of piperidine rings is 1. The fraction of sp³-hybridized carbons (Fsp3) is 0.722. The number of anilines is 1. The van der Waals surface area contributed by atoms with Crippen LogP contribution in [0.15, 0.2) is 12.1 Å². The lowest BCUT2D eigenvalue weighted by Gasteiger charge is -2.34. The number of hydrogen-bond donors (Lipinski definition) is 1. The van der Waals surface area contributed by atoms with Crippen LogP contribution < -0.4 is 10.2 Å². The van der Waals surface area contributed by atoms with Crippen LogP contribution in [0.1, 0.15) is 51.3 Å². The fourth-order valence-electron chi connectivity index (χ4n) is 3.40. The first-order valence-corrected chi connectivity index (χ1v) is 8.50. The van der Waals surface area contributed by atoms with Crippen molar-refractivity contribution < 1.29 is 0 Å². The Morgan fingerprint density at radius 1 is 1.19 bits per heavy atom. The van der Waals surface area contributed by atoms with Gasteiger partial charge in [0.25, 0.3) is 0 Å². The van der Waals surface area contributed by atoms with Crippen LogP contribution in [0.5, 0.6) is 0 Å². The second kappa shape index (κ2) is 5.96. The second-order valence-corrected chi connectivity index (χ2v) is 7.69. The third-order valence-electron chi connectivity index (χ3n) is 4.77. The molecule has 2 aliphatic rings. The molecule has 0 unspecified atom stereocenters. The molecular formula is C18H29N3. The van der Waals surface area contributed by atoms with Gasteiger partial charge in [-0.05, 0) is 77.0 Å². The predicted molar refractivity (Wildman–Crippen MR) is 89.0 cm³/mol. The number of nitrogens with zero attached hydrogens (tertiary/aromatic N) is 2. The fourth-order valence-corrected chi connectivity index (χ4v) is 3.40. The average Bonchev–Trinajstić information content (AvgIpc) is 2.92. The highest BCUT2D eigenvalue weighted by Crippen LogP contribution is 2.26. The van der Waals surface area contributed by atoms with E-state index in [4.69, 9.17) is 4.98 Å². The minimum absolute atomic E-state index is 0.235. The molecule has 1 aromatic heterocycles. The monoisotopic (exact) mass is 287 g/mol. The Labute approximate surface area is 129 Å². The van der Waals surface area contributed by atoms with Gasteiger partial charge in [-0.3, -0.25) is 0 Å². The van der Waals surface area contributed by atoms with E-state index >= 15 is 0 Å². The lowest BCUT2D eigenvalue weighted by molar-refractivity contribution is 0.328. The molecule has 0 radical (unpaired) electrons. The molecule has 116 valence electrons. The summed E-state index contributed by atoms with van der Waals surface area (Å²) >= 11 is 0. The molecule has 1 fully saturated rings. The molecule has 1 aliphatic carbocycles. The van der Waals surface area contributed by atoms with Crippen LogP contribution in [0.2, 0.25) is 0 Å². The molecule has 2 heterocycles. The molecule has 0 spiro atoms. The smallest absolute Gasteiger partial charge is 0.128 e. The van der Waals surface area contributed by atoms with E-state index < -0.39 is 0 Å². The average molecular weight is 287 g/mol. The zero-order valence-electron chi connectivity index (χ0n) is 13.8. The zero-order valence-corrected chi connectivity index (χ0v) is 13.8. The Kier molecular flexibility index (Phi) is 4.21. The van der Waals surface area contributed by atoms with Crippen LogP contribution >= 0.6 is 0 Å². The van der Waals surface area contributed by atoms with Gasteiger partial charge < -0.3 is 10.2 Å². The quantitative estimate of drug-likeness (QED) is 0.925. The molecule has 0 atom stereocenters. The van der Waals surface area contributed by atoms with Crippen molar-refractivity contribution in [1.29, 1.82) is 0 Å². The number of hydrogen-bond acceptors (Lipinski definition) is 3. The van der Waals surface area contributed by atoms with E-state index in [1.807, 2.05) is 0 Å². The van der Waals surface area contributed by atoms with E-state index in [1.54, 1.807) is 0 Å². The van der Waals surface area contributed by atoms with Gasteiger partial charge in [0.1, 0.15) is 5.82 Å². The van der Waals surface area contributed by atoms with Crippen LogP contribution in [0.4, 0.5) is 5.82 Å². The first-order chi connectivity index (χ1) is 10.0. The van der Waals surface area contributed by atoms with Gasteiger partial charge >= 0.3 is 0 Å². The van der Waals surface area contributed by atoms with Gasteiger partial charge in [0.05, 0.1) is 0 Å². The summed E-state index contributed by atoms with van der Waals surface area (Å²) in [6.45, 7) is 10.2. The molecule has 21 heavy (non-hydrogen) atoms. The maximum atomic E-state index is 4.90. The van der Waals surface area contributed by atoms with E-state index in [0.29, 0.717) is 0 Å². The molecule has 3 rings (SSSR count). The predicted octanol–water partition coefficient (Wildman–Crippen LogP) is 3.17. The van der Waals surface area contributed by atoms with Crippen molar-refractivity contribution in [1.82, 2.24) is 10.3 Å². The Morgan fingerprint density at radius 2 is 1.95 bits per heavy atom. The van der Waals surface area contributed by atoms with Crippen molar-refractivity contribution in [2.24, 2.45) is 5.92 Å². The van der Waals surface area contributed by atoms with Crippen molar-refractivity contribution in [3.8, 4) is 0 Å². The van der Waals surface area contributed by atoms with Crippen LogP contribution in [0, 0.1) is 5.92 Å². The maximum Gasteiger partial charge on any atom is 0.128 e. The van der Waals surface area contributed by atoms with Gasteiger partial charge in [-0.1, -0.05) is 6.07 Å². The lowest BCUT2D eigenvalue weighted by atomic mass is 9.95. The third kappa shape index (κ3) is 3.76. The Balaban J connectivity index is 1.54. The van der Waals surface area contributed by atoms with Crippen molar-refractivity contribution in [3.63, 3.8) is 0 Å². The molecule has 0 amide bonds. The number of pyridine rings is 1. The molecule has 3 heteroatoms. The van der Waals surface area contributed by atoms with Crippen molar-refractivity contribution in [2.45, 2.75) is 58.4 Å². The summed E-state index contributed by atoms with van der Waals surface area (Å²) in [7, 11) is 0. The summed E-state index contributed by atoms with van der Waals surface area (Å²) in [5.74, 6) is 2.02. The van der Waals surface area contributed by atoms with E-state index in [0.717, 1.165) is 25.6 Å². The van der Waals surface area contributed by atoms with Gasteiger partial charge in [0, 0.05) is 24.3 Å². The summed E-state index contributed by atoms with van der Waals surface area (Å²) in [6, 6.07) is 4.54. The van der Waals surface area contributed by atoms with E-state index in [-0.39, 0.29) is 5.54 Å². The number of nitrogens with one attached hydrogen (secondary N) is 1. The lowest BCUT2D eigenvalue weighted by Crippen LogP contribution is -2.43.